The van der Waals surface area contributed by atoms with E-state index in [0.717, 1.165) is 5.56 Å². The maximum Gasteiger partial charge on any atom is 0.234 e. The predicted octanol–water partition coefficient (Wildman–Crippen LogP) is 3.23. The zero-order valence-electron chi connectivity index (χ0n) is 12.4. The normalized spacial score (nSPS) is 10.7. The molecule has 0 fully saturated rings. The van der Waals surface area contributed by atoms with Crippen LogP contribution in [0.4, 0.5) is 4.39 Å². The van der Waals surface area contributed by atoms with Gasteiger partial charge in [-0.05, 0) is 30.8 Å². The van der Waals surface area contributed by atoms with Gasteiger partial charge in [0, 0.05) is 23.7 Å². The van der Waals surface area contributed by atoms with E-state index in [2.05, 4.69) is 5.32 Å². The topological polar surface area (TPSA) is 32.3 Å². The minimum absolute atomic E-state index is 0.139. The van der Waals surface area contributed by atoms with Crippen LogP contribution in [0.1, 0.15) is 11.1 Å². The van der Waals surface area contributed by atoms with Gasteiger partial charge >= 0.3 is 0 Å². The van der Waals surface area contributed by atoms with Crippen LogP contribution < -0.4 is 5.32 Å². The molecule has 0 saturated carbocycles. The Labute approximate surface area is 134 Å². The average molecular weight is 321 g/mol. The Balaban J connectivity index is 1.79. The van der Waals surface area contributed by atoms with E-state index in [0.29, 0.717) is 17.1 Å². The second kappa shape index (κ2) is 7.92. The Kier molecular flexibility index (Phi) is 5.92. The van der Waals surface area contributed by atoms with Crippen molar-refractivity contribution in [3.8, 4) is 0 Å². The Morgan fingerprint density at radius 1 is 1.18 bits per heavy atom. The van der Waals surface area contributed by atoms with Crippen LogP contribution in [0.25, 0.3) is 0 Å². The lowest BCUT2D eigenvalue weighted by Gasteiger charge is -2.16. The number of benzene rings is 2. The number of amides is 1. The molecule has 0 radical (unpaired) electrons. The second-order valence-electron chi connectivity index (χ2n) is 5.17. The van der Waals surface area contributed by atoms with Crippen LogP contribution in [-0.2, 0) is 17.9 Å². The quantitative estimate of drug-likeness (QED) is 0.886. The summed E-state index contributed by atoms with van der Waals surface area (Å²) in [6.45, 7) is 1.08. The highest BCUT2D eigenvalue weighted by Gasteiger charge is 2.08. The van der Waals surface area contributed by atoms with Crippen molar-refractivity contribution in [2.45, 2.75) is 13.1 Å². The first-order valence-corrected chi connectivity index (χ1v) is 7.35. The number of rotatable bonds is 6. The molecule has 0 aliphatic rings. The molecule has 5 heteroatoms. The van der Waals surface area contributed by atoms with Crippen molar-refractivity contribution < 1.29 is 9.18 Å². The summed E-state index contributed by atoms with van der Waals surface area (Å²) < 4.78 is 13.5. The maximum atomic E-state index is 13.5. The molecule has 0 atom stereocenters. The van der Waals surface area contributed by atoms with Crippen LogP contribution in [0.15, 0.2) is 48.5 Å². The Morgan fingerprint density at radius 3 is 2.55 bits per heavy atom. The van der Waals surface area contributed by atoms with Crippen LogP contribution in [0.2, 0.25) is 5.02 Å². The van der Waals surface area contributed by atoms with E-state index in [1.165, 1.54) is 6.07 Å². The third-order valence-electron chi connectivity index (χ3n) is 3.21. The van der Waals surface area contributed by atoms with Crippen LogP contribution >= 0.6 is 11.6 Å². The number of carbonyl (C=O) groups excluding carboxylic acids is 1. The SMILES string of the molecule is CN(CC(=O)NCc1ccccc1F)Cc1ccc(Cl)cc1. The molecule has 0 saturated heterocycles. The molecule has 2 aromatic rings. The fourth-order valence-electron chi connectivity index (χ4n) is 2.09. The minimum Gasteiger partial charge on any atom is -0.351 e. The predicted molar refractivity (Wildman–Crippen MR) is 86.0 cm³/mol. The molecule has 0 bridgehead atoms. The molecule has 116 valence electrons. The third-order valence-corrected chi connectivity index (χ3v) is 3.47. The number of halogens is 2. The highest BCUT2D eigenvalue weighted by atomic mass is 35.5. The molecular weight excluding hydrogens is 303 g/mol. The van der Waals surface area contributed by atoms with Gasteiger partial charge in [-0.3, -0.25) is 9.69 Å². The number of nitrogens with one attached hydrogen (secondary N) is 1. The number of hydrogen-bond acceptors (Lipinski definition) is 2. The zero-order chi connectivity index (χ0) is 15.9. The number of hydrogen-bond donors (Lipinski definition) is 1. The van der Waals surface area contributed by atoms with Crippen LogP contribution in [0.3, 0.4) is 0 Å². The molecule has 3 nitrogen and oxygen atoms in total. The van der Waals surface area contributed by atoms with Crippen molar-refractivity contribution in [1.82, 2.24) is 10.2 Å². The van der Waals surface area contributed by atoms with Crippen molar-refractivity contribution in [3.63, 3.8) is 0 Å². The Hall–Kier alpha value is -1.91. The van der Waals surface area contributed by atoms with Crippen LogP contribution in [-0.4, -0.2) is 24.4 Å². The third kappa shape index (κ3) is 5.13. The van der Waals surface area contributed by atoms with Gasteiger partial charge in [0.1, 0.15) is 5.82 Å². The maximum absolute atomic E-state index is 13.5. The molecule has 0 spiro atoms. The molecule has 0 aliphatic carbocycles. The summed E-state index contributed by atoms with van der Waals surface area (Å²) in [5.74, 6) is -0.447. The van der Waals surface area contributed by atoms with E-state index in [9.17, 15) is 9.18 Å². The van der Waals surface area contributed by atoms with Gasteiger partial charge in [0.15, 0.2) is 0 Å². The molecule has 2 rings (SSSR count). The van der Waals surface area contributed by atoms with Gasteiger partial charge in [-0.25, -0.2) is 4.39 Å². The first-order chi connectivity index (χ1) is 10.5. The molecule has 0 unspecified atom stereocenters. The summed E-state index contributed by atoms with van der Waals surface area (Å²) in [6.07, 6.45) is 0. The smallest absolute Gasteiger partial charge is 0.234 e. The summed E-state index contributed by atoms with van der Waals surface area (Å²) in [7, 11) is 1.86. The summed E-state index contributed by atoms with van der Waals surface area (Å²) in [4.78, 5) is 13.8. The van der Waals surface area contributed by atoms with Crippen LogP contribution in [0.5, 0.6) is 0 Å². The van der Waals surface area contributed by atoms with E-state index < -0.39 is 0 Å². The summed E-state index contributed by atoms with van der Waals surface area (Å²) in [5.41, 5.74) is 1.56. The van der Waals surface area contributed by atoms with Gasteiger partial charge < -0.3 is 5.32 Å². The van der Waals surface area contributed by atoms with Crippen molar-refractivity contribution >= 4 is 17.5 Å². The van der Waals surface area contributed by atoms with E-state index in [1.54, 1.807) is 18.2 Å². The van der Waals surface area contributed by atoms with Crippen molar-refractivity contribution in [3.05, 3.63) is 70.5 Å². The van der Waals surface area contributed by atoms with E-state index in [1.807, 2.05) is 36.2 Å². The highest BCUT2D eigenvalue weighted by molar-refractivity contribution is 6.30. The van der Waals surface area contributed by atoms with Crippen molar-refractivity contribution in [2.75, 3.05) is 13.6 Å². The van der Waals surface area contributed by atoms with Gasteiger partial charge in [0.25, 0.3) is 0 Å². The van der Waals surface area contributed by atoms with Gasteiger partial charge in [-0.1, -0.05) is 41.9 Å². The molecule has 0 heterocycles. The Bertz CT molecular complexity index is 631. The Morgan fingerprint density at radius 2 is 1.86 bits per heavy atom. The first-order valence-electron chi connectivity index (χ1n) is 6.97. The molecule has 0 aliphatic heterocycles. The molecule has 22 heavy (non-hydrogen) atoms. The standard InChI is InChI=1S/C17H18ClFN2O/c1-21(11-13-6-8-15(18)9-7-13)12-17(22)20-10-14-4-2-3-5-16(14)19/h2-9H,10-12H2,1H3,(H,20,22). The van der Waals surface area contributed by atoms with E-state index >= 15 is 0 Å². The van der Waals surface area contributed by atoms with E-state index in [-0.39, 0.29) is 24.8 Å². The summed E-state index contributed by atoms with van der Waals surface area (Å²) in [5, 5.41) is 3.41. The van der Waals surface area contributed by atoms with Gasteiger partial charge in [0.2, 0.25) is 5.91 Å². The lowest BCUT2D eigenvalue weighted by Crippen LogP contribution is -2.34. The first kappa shape index (κ1) is 16.5. The van der Waals surface area contributed by atoms with Crippen LogP contribution in [0, 0.1) is 5.82 Å². The average Bonchev–Trinajstić information content (AvgIpc) is 2.49. The highest BCUT2D eigenvalue weighted by Crippen LogP contribution is 2.11. The molecule has 1 amide bonds. The van der Waals surface area contributed by atoms with Crippen molar-refractivity contribution in [2.24, 2.45) is 0 Å². The van der Waals surface area contributed by atoms with E-state index in [4.69, 9.17) is 11.6 Å². The fourth-order valence-corrected chi connectivity index (χ4v) is 2.22. The largest absolute Gasteiger partial charge is 0.351 e. The zero-order valence-corrected chi connectivity index (χ0v) is 13.1. The summed E-state index contributed by atoms with van der Waals surface area (Å²) in [6, 6.07) is 13.9. The number of likely N-dealkylation sites (N-methyl/N-ethyl adjacent to an activating group) is 1. The number of nitrogens with zero attached hydrogens (tertiary/aromatic N) is 1. The monoisotopic (exact) mass is 320 g/mol. The molecule has 0 aromatic heterocycles. The fraction of sp³-hybridized carbons (Fsp3) is 0.235. The summed E-state index contributed by atoms with van der Waals surface area (Å²) >= 11 is 5.84. The number of carbonyl (C=O) groups is 1. The minimum atomic E-state index is -0.308. The molecule has 1 N–H and O–H groups in total. The van der Waals surface area contributed by atoms with Gasteiger partial charge in [0.05, 0.1) is 6.54 Å². The lowest BCUT2D eigenvalue weighted by molar-refractivity contribution is -0.122. The van der Waals surface area contributed by atoms with Gasteiger partial charge in [-0.15, -0.1) is 0 Å². The van der Waals surface area contributed by atoms with Gasteiger partial charge in [-0.2, -0.15) is 0 Å². The molecule has 2 aromatic carbocycles. The second-order valence-corrected chi connectivity index (χ2v) is 5.60. The lowest BCUT2D eigenvalue weighted by atomic mass is 10.2. The van der Waals surface area contributed by atoms with Crippen molar-refractivity contribution in [1.29, 1.82) is 0 Å². The molecular formula is C17H18ClFN2O.